The van der Waals surface area contributed by atoms with Gasteiger partial charge in [-0.05, 0) is 55.5 Å². The first-order valence-corrected chi connectivity index (χ1v) is 8.87. The lowest BCUT2D eigenvalue weighted by Crippen LogP contribution is -2.34. The lowest BCUT2D eigenvalue weighted by molar-refractivity contribution is 0.0777. The SMILES string of the molecule is CCN(Cc1ccc(C(=O)N2CCC(C)(CN)C2)cc1)C1CC1. The molecule has 2 aliphatic rings. The molecule has 0 aromatic heterocycles. The van der Waals surface area contributed by atoms with Crippen LogP contribution in [0.2, 0.25) is 0 Å². The number of hydrogen-bond acceptors (Lipinski definition) is 3. The van der Waals surface area contributed by atoms with Crippen LogP contribution in [0.25, 0.3) is 0 Å². The third kappa shape index (κ3) is 3.75. The predicted molar refractivity (Wildman–Crippen MR) is 93.2 cm³/mol. The van der Waals surface area contributed by atoms with Crippen LogP contribution in [0.4, 0.5) is 0 Å². The number of carbonyl (C=O) groups is 1. The quantitative estimate of drug-likeness (QED) is 0.877. The zero-order chi connectivity index (χ0) is 16.4. The van der Waals surface area contributed by atoms with E-state index in [0.29, 0.717) is 6.54 Å². The van der Waals surface area contributed by atoms with E-state index in [4.69, 9.17) is 5.73 Å². The molecule has 23 heavy (non-hydrogen) atoms. The second-order valence-electron chi connectivity index (χ2n) is 7.48. The molecule has 2 N–H and O–H groups in total. The van der Waals surface area contributed by atoms with Crippen molar-refractivity contribution in [3.05, 3.63) is 35.4 Å². The van der Waals surface area contributed by atoms with Gasteiger partial charge in [0.2, 0.25) is 0 Å². The minimum Gasteiger partial charge on any atom is -0.338 e. The summed E-state index contributed by atoms with van der Waals surface area (Å²) in [6.07, 6.45) is 3.67. The van der Waals surface area contributed by atoms with Crippen molar-refractivity contribution in [3.63, 3.8) is 0 Å². The van der Waals surface area contributed by atoms with Gasteiger partial charge in [-0.15, -0.1) is 0 Å². The number of carbonyl (C=O) groups excluding carboxylic acids is 1. The van der Waals surface area contributed by atoms with Gasteiger partial charge in [0.25, 0.3) is 5.91 Å². The van der Waals surface area contributed by atoms with Gasteiger partial charge >= 0.3 is 0 Å². The molecule has 1 aliphatic heterocycles. The van der Waals surface area contributed by atoms with Gasteiger partial charge in [-0.2, -0.15) is 0 Å². The minimum absolute atomic E-state index is 0.0848. The lowest BCUT2D eigenvalue weighted by atomic mass is 9.90. The van der Waals surface area contributed by atoms with Crippen molar-refractivity contribution in [2.24, 2.45) is 11.1 Å². The molecule has 1 atom stereocenters. The van der Waals surface area contributed by atoms with E-state index < -0.39 is 0 Å². The average Bonchev–Trinajstić information content (AvgIpc) is 3.34. The van der Waals surface area contributed by atoms with Crippen LogP contribution in [0.15, 0.2) is 24.3 Å². The van der Waals surface area contributed by atoms with Crippen molar-refractivity contribution in [2.45, 2.75) is 45.7 Å². The van der Waals surface area contributed by atoms with Crippen LogP contribution in [0.5, 0.6) is 0 Å². The van der Waals surface area contributed by atoms with Crippen molar-refractivity contribution in [2.75, 3.05) is 26.2 Å². The summed E-state index contributed by atoms with van der Waals surface area (Å²) in [5.41, 5.74) is 8.01. The molecule has 1 aromatic rings. The lowest BCUT2D eigenvalue weighted by Gasteiger charge is -2.23. The molecule has 1 unspecified atom stereocenters. The molecule has 1 aromatic carbocycles. The second kappa shape index (κ2) is 6.62. The summed E-state index contributed by atoms with van der Waals surface area (Å²) in [6, 6.07) is 8.96. The minimum atomic E-state index is 0.0848. The molecule has 0 radical (unpaired) electrons. The Balaban J connectivity index is 1.61. The number of rotatable bonds is 6. The number of hydrogen-bond donors (Lipinski definition) is 1. The van der Waals surface area contributed by atoms with Crippen LogP contribution < -0.4 is 5.73 Å². The van der Waals surface area contributed by atoms with Crippen molar-refractivity contribution < 1.29 is 4.79 Å². The van der Waals surface area contributed by atoms with Gasteiger partial charge < -0.3 is 10.6 Å². The van der Waals surface area contributed by atoms with E-state index in [1.54, 1.807) is 0 Å². The molecule has 1 saturated carbocycles. The molecule has 1 saturated heterocycles. The van der Waals surface area contributed by atoms with Crippen molar-refractivity contribution in [1.82, 2.24) is 9.80 Å². The highest BCUT2D eigenvalue weighted by Gasteiger charge is 2.35. The fourth-order valence-corrected chi connectivity index (χ4v) is 3.47. The fourth-order valence-electron chi connectivity index (χ4n) is 3.47. The fraction of sp³-hybridized carbons (Fsp3) is 0.632. The molecule has 2 fully saturated rings. The van der Waals surface area contributed by atoms with Crippen LogP contribution in [0.3, 0.4) is 0 Å². The number of nitrogens with two attached hydrogens (primary N) is 1. The second-order valence-corrected chi connectivity index (χ2v) is 7.48. The van der Waals surface area contributed by atoms with Gasteiger partial charge in [-0.1, -0.05) is 26.0 Å². The van der Waals surface area contributed by atoms with Crippen molar-refractivity contribution in [1.29, 1.82) is 0 Å². The van der Waals surface area contributed by atoms with Gasteiger partial charge in [0.1, 0.15) is 0 Å². The van der Waals surface area contributed by atoms with Gasteiger partial charge in [0, 0.05) is 31.2 Å². The zero-order valence-electron chi connectivity index (χ0n) is 14.4. The standard InChI is InChI=1S/C19H29N3O/c1-3-21(17-8-9-17)12-15-4-6-16(7-5-15)18(23)22-11-10-19(2,13-20)14-22/h4-7,17H,3,8-14,20H2,1-2H3. The number of amides is 1. The molecular formula is C19H29N3O. The Morgan fingerprint density at radius 1 is 1.35 bits per heavy atom. The van der Waals surface area contributed by atoms with E-state index in [9.17, 15) is 4.79 Å². The Kier molecular flexibility index (Phi) is 4.74. The van der Waals surface area contributed by atoms with E-state index in [-0.39, 0.29) is 11.3 Å². The molecule has 126 valence electrons. The van der Waals surface area contributed by atoms with Crippen LogP contribution in [0.1, 0.15) is 49.0 Å². The van der Waals surface area contributed by atoms with Crippen LogP contribution in [-0.4, -0.2) is 47.9 Å². The van der Waals surface area contributed by atoms with Gasteiger partial charge in [-0.25, -0.2) is 0 Å². The first-order valence-electron chi connectivity index (χ1n) is 8.87. The summed E-state index contributed by atoms with van der Waals surface area (Å²) in [6.45, 7) is 8.71. The third-order valence-electron chi connectivity index (χ3n) is 5.39. The van der Waals surface area contributed by atoms with Gasteiger partial charge in [0.15, 0.2) is 0 Å². The Labute approximate surface area is 139 Å². The number of likely N-dealkylation sites (tertiary alicyclic amines) is 1. The van der Waals surface area contributed by atoms with E-state index in [0.717, 1.165) is 44.2 Å². The number of nitrogens with zero attached hydrogens (tertiary/aromatic N) is 2. The summed E-state index contributed by atoms with van der Waals surface area (Å²) >= 11 is 0. The highest BCUT2D eigenvalue weighted by molar-refractivity contribution is 5.94. The zero-order valence-corrected chi connectivity index (χ0v) is 14.4. The summed E-state index contributed by atoms with van der Waals surface area (Å²) in [7, 11) is 0. The Bertz CT molecular complexity index is 552. The van der Waals surface area contributed by atoms with E-state index in [1.165, 1.54) is 18.4 Å². The monoisotopic (exact) mass is 315 g/mol. The Morgan fingerprint density at radius 2 is 2.04 bits per heavy atom. The molecule has 1 amide bonds. The van der Waals surface area contributed by atoms with Crippen LogP contribution in [-0.2, 0) is 6.54 Å². The maximum Gasteiger partial charge on any atom is 0.253 e. The Hall–Kier alpha value is -1.39. The smallest absolute Gasteiger partial charge is 0.253 e. The molecule has 4 nitrogen and oxygen atoms in total. The van der Waals surface area contributed by atoms with Gasteiger partial charge in [-0.3, -0.25) is 9.69 Å². The molecule has 4 heteroatoms. The van der Waals surface area contributed by atoms with E-state index >= 15 is 0 Å². The summed E-state index contributed by atoms with van der Waals surface area (Å²) in [5.74, 6) is 0.142. The summed E-state index contributed by atoms with van der Waals surface area (Å²) in [4.78, 5) is 17.1. The maximum absolute atomic E-state index is 12.6. The Morgan fingerprint density at radius 3 is 2.57 bits per heavy atom. The van der Waals surface area contributed by atoms with Crippen molar-refractivity contribution >= 4 is 5.91 Å². The third-order valence-corrected chi connectivity index (χ3v) is 5.39. The molecular weight excluding hydrogens is 286 g/mol. The first-order chi connectivity index (χ1) is 11.0. The van der Waals surface area contributed by atoms with E-state index in [1.807, 2.05) is 17.0 Å². The van der Waals surface area contributed by atoms with E-state index in [2.05, 4.69) is 30.9 Å². The summed E-state index contributed by atoms with van der Waals surface area (Å²) in [5, 5.41) is 0. The van der Waals surface area contributed by atoms with Crippen LogP contribution in [0, 0.1) is 5.41 Å². The number of benzene rings is 1. The van der Waals surface area contributed by atoms with Crippen LogP contribution >= 0.6 is 0 Å². The largest absolute Gasteiger partial charge is 0.338 e. The van der Waals surface area contributed by atoms with Crippen molar-refractivity contribution in [3.8, 4) is 0 Å². The molecule has 1 aliphatic carbocycles. The first kappa shape index (κ1) is 16.5. The van der Waals surface area contributed by atoms with Gasteiger partial charge in [0.05, 0.1) is 0 Å². The maximum atomic E-state index is 12.6. The molecule has 0 spiro atoms. The highest BCUT2D eigenvalue weighted by Crippen LogP contribution is 2.30. The molecule has 3 rings (SSSR count). The normalized spacial score (nSPS) is 24.4. The predicted octanol–water partition coefficient (Wildman–Crippen LogP) is 2.48. The highest BCUT2D eigenvalue weighted by atomic mass is 16.2. The topological polar surface area (TPSA) is 49.6 Å². The molecule has 1 heterocycles. The molecule has 0 bridgehead atoms. The summed E-state index contributed by atoms with van der Waals surface area (Å²) < 4.78 is 0. The average molecular weight is 315 g/mol.